The molecule has 0 radical (unpaired) electrons. The Morgan fingerprint density at radius 3 is 2.25 bits per heavy atom. The molecule has 11 heteroatoms. The minimum atomic E-state index is -0.973. The molecular weight excluding hydrogens is 562 g/mol. The standard InChI is InChI=1S/C33H43N5O6/c1-4-6-31(41)38(3)32-23-9-11-30(44-16-14-36)25(20-23)24-18-22(8-10-29(24)43-15-13-35)19-26(27(39)7-5-12-34)37-33(42)21(2)17-28(32)40/h8-11,18,20-21,26,32H,4-7,13-17,19,35-36H2,1-3H3,(H,37,42)/t21-,26+,32+/m1/s1. The van der Waals surface area contributed by atoms with Crippen LogP contribution in [0.2, 0.25) is 0 Å². The van der Waals surface area contributed by atoms with Crippen LogP contribution in [0, 0.1) is 17.2 Å². The lowest BCUT2D eigenvalue weighted by atomic mass is 9.89. The van der Waals surface area contributed by atoms with E-state index in [1.165, 1.54) is 4.90 Å². The number of ether oxygens (including phenoxy) is 2. The molecule has 0 saturated carbocycles. The maximum Gasteiger partial charge on any atom is 0.223 e. The fourth-order valence-corrected chi connectivity index (χ4v) is 5.25. The number of nitrogens with one attached hydrogen (secondary N) is 1. The van der Waals surface area contributed by atoms with Gasteiger partial charge in [-0.2, -0.15) is 5.26 Å². The highest BCUT2D eigenvalue weighted by molar-refractivity contribution is 5.95. The highest BCUT2D eigenvalue weighted by Crippen LogP contribution is 2.40. The molecule has 4 bridgehead atoms. The summed E-state index contributed by atoms with van der Waals surface area (Å²) in [5.74, 6) is -1.04. The number of likely N-dealkylation sites (N-methyl/N-ethyl adjacent to an activating group) is 1. The molecule has 236 valence electrons. The number of hydrogen-bond donors (Lipinski definition) is 3. The highest BCUT2D eigenvalue weighted by atomic mass is 16.5. The van der Waals surface area contributed by atoms with Crippen LogP contribution >= 0.6 is 0 Å². The number of hydrogen-bond acceptors (Lipinski definition) is 9. The SMILES string of the molecule is CCCC(=O)N(C)[C@@H]1C(=O)C[C@@H](C)C(=O)N[C@H](C(=O)CCC#N)Cc2ccc(OCCN)c(c2)-c2cc1ccc2OCCN. The Morgan fingerprint density at radius 1 is 1.00 bits per heavy atom. The van der Waals surface area contributed by atoms with Crippen LogP contribution in [-0.2, 0) is 25.6 Å². The van der Waals surface area contributed by atoms with E-state index in [0.717, 1.165) is 5.56 Å². The third-order valence-corrected chi connectivity index (χ3v) is 7.54. The Labute approximate surface area is 258 Å². The maximum absolute atomic E-state index is 13.9. The van der Waals surface area contributed by atoms with Crippen molar-refractivity contribution in [2.24, 2.45) is 17.4 Å². The fraction of sp³-hybridized carbons (Fsp3) is 0.485. The molecule has 3 rings (SSSR count). The molecule has 11 nitrogen and oxygen atoms in total. The number of amides is 2. The van der Waals surface area contributed by atoms with Crippen LogP contribution in [-0.4, -0.2) is 67.7 Å². The quantitative estimate of drug-likeness (QED) is 0.328. The molecule has 0 aromatic heterocycles. The predicted molar refractivity (Wildman–Crippen MR) is 166 cm³/mol. The molecule has 1 aliphatic rings. The van der Waals surface area contributed by atoms with Crippen molar-refractivity contribution in [1.29, 1.82) is 5.26 Å². The van der Waals surface area contributed by atoms with Gasteiger partial charge in [-0.3, -0.25) is 19.2 Å². The first-order valence-electron chi connectivity index (χ1n) is 15.1. The van der Waals surface area contributed by atoms with Gasteiger partial charge < -0.3 is 31.2 Å². The molecule has 0 unspecified atom stereocenters. The van der Waals surface area contributed by atoms with Gasteiger partial charge in [-0.25, -0.2) is 0 Å². The summed E-state index contributed by atoms with van der Waals surface area (Å²) >= 11 is 0. The van der Waals surface area contributed by atoms with E-state index in [2.05, 4.69) is 5.32 Å². The van der Waals surface area contributed by atoms with Crippen LogP contribution in [0.15, 0.2) is 36.4 Å². The molecule has 2 aromatic carbocycles. The van der Waals surface area contributed by atoms with Crippen molar-refractivity contribution in [1.82, 2.24) is 10.2 Å². The van der Waals surface area contributed by atoms with Crippen LogP contribution < -0.4 is 26.3 Å². The average molecular weight is 606 g/mol. The molecule has 44 heavy (non-hydrogen) atoms. The molecule has 1 aliphatic heterocycles. The summed E-state index contributed by atoms with van der Waals surface area (Å²) < 4.78 is 12.0. The summed E-state index contributed by atoms with van der Waals surface area (Å²) in [5.41, 5.74) is 14.0. The van der Waals surface area contributed by atoms with E-state index < -0.39 is 23.9 Å². The Hall–Kier alpha value is -4.27. The minimum Gasteiger partial charge on any atom is -0.492 e. The molecule has 1 heterocycles. The van der Waals surface area contributed by atoms with Crippen molar-refractivity contribution >= 4 is 23.4 Å². The number of ketones is 2. The lowest BCUT2D eigenvalue weighted by Gasteiger charge is -2.30. The van der Waals surface area contributed by atoms with E-state index in [9.17, 15) is 19.2 Å². The van der Waals surface area contributed by atoms with E-state index in [-0.39, 0.29) is 75.9 Å². The van der Waals surface area contributed by atoms with Gasteiger partial charge >= 0.3 is 0 Å². The highest BCUT2D eigenvalue weighted by Gasteiger charge is 2.33. The first kappa shape index (κ1) is 34.2. The molecular formula is C33H43N5O6. The van der Waals surface area contributed by atoms with E-state index in [1.54, 1.807) is 32.2 Å². The van der Waals surface area contributed by atoms with Gasteiger partial charge in [0.25, 0.3) is 0 Å². The number of Topliss-reactive ketones (excluding diaryl/α,β-unsaturated/α-hetero) is 2. The number of carbonyl (C=O) groups excluding carboxylic acids is 4. The van der Waals surface area contributed by atoms with E-state index in [0.29, 0.717) is 34.6 Å². The van der Waals surface area contributed by atoms with Crippen molar-refractivity contribution in [2.75, 3.05) is 33.4 Å². The smallest absolute Gasteiger partial charge is 0.223 e. The van der Waals surface area contributed by atoms with E-state index >= 15 is 0 Å². The third-order valence-electron chi connectivity index (χ3n) is 7.54. The summed E-state index contributed by atoms with van der Waals surface area (Å²) in [7, 11) is 1.59. The van der Waals surface area contributed by atoms with Gasteiger partial charge in [0, 0.05) is 62.9 Å². The number of nitrogens with two attached hydrogens (primary N) is 2. The second-order valence-electron chi connectivity index (χ2n) is 11.0. The van der Waals surface area contributed by atoms with Gasteiger partial charge in [0.2, 0.25) is 11.8 Å². The van der Waals surface area contributed by atoms with Crippen LogP contribution in [0.4, 0.5) is 0 Å². The molecule has 0 aliphatic carbocycles. The van der Waals surface area contributed by atoms with Gasteiger partial charge in [0.1, 0.15) is 30.8 Å². The molecule has 2 amide bonds. The van der Waals surface area contributed by atoms with Crippen molar-refractivity contribution < 1.29 is 28.7 Å². The predicted octanol–water partition coefficient (Wildman–Crippen LogP) is 2.84. The first-order valence-corrected chi connectivity index (χ1v) is 15.1. The second kappa shape index (κ2) is 16.5. The number of benzene rings is 2. The number of fused-ring (bicyclic) bond motifs is 5. The van der Waals surface area contributed by atoms with Crippen molar-refractivity contribution in [2.45, 2.75) is 64.5 Å². The molecule has 0 spiro atoms. The average Bonchev–Trinajstić information content (AvgIpc) is 3.01. The molecule has 0 saturated heterocycles. The van der Waals surface area contributed by atoms with Crippen LogP contribution in [0.1, 0.15) is 63.1 Å². The Balaban J connectivity index is 2.30. The molecule has 3 atom stereocenters. The van der Waals surface area contributed by atoms with Crippen molar-refractivity contribution in [3.05, 3.63) is 47.5 Å². The van der Waals surface area contributed by atoms with E-state index in [1.807, 2.05) is 31.2 Å². The number of rotatable bonds is 12. The zero-order chi connectivity index (χ0) is 32.2. The summed E-state index contributed by atoms with van der Waals surface area (Å²) in [6.45, 7) is 4.54. The van der Waals surface area contributed by atoms with Gasteiger partial charge in [-0.1, -0.05) is 26.0 Å². The molecule has 0 fully saturated rings. The van der Waals surface area contributed by atoms with Gasteiger partial charge in [-0.05, 0) is 48.2 Å². The number of nitrogens with zero attached hydrogens (tertiary/aromatic N) is 2. The van der Waals surface area contributed by atoms with Gasteiger partial charge in [0.15, 0.2) is 11.6 Å². The minimum absolute atomic E-state index is 0.0186. The Kier molecular flexibility index (Phi) is 12.9. The third kappa shape index (κ3) is 8.65. The van der Waals surface area contributed by atoms with Crippen LogP contribution in [0.25, 0.3) is 11.1 Å². The van der Waals surface area contributed by atoms with Crippen molar-refractivity contribution in [3.63, 3.8) is 0 Å². The van der Waals surface area contributed by atoms with Crippen molar-refractivity contribution in [3.8, 4) is 28.7 Å². The molecule has 5 N–H and O–H groups in total. The summed E-state index contributed by atoms with van der Waals surface area (Å²) in [5, 5.41) is 11.9. The van der Waals surface area contributed by atoms with E-state index in [4.69, 9.17) is 26.2 Å². The lowest BCUT2D eigenvalue weighted by Crippen LogP contribution is -2.45. The lowest BCUT2D eigenvalue weighted by molar-refractivity contribution is -0.139. The first-order chi connectivity index (χ1) is 21.1. The maximum atomic E-state index is 13.9. The summed E-state index contributed by atoms with van der Waals surface area (Å²) in [6, 6.07) is 10.8. The monoisotopic (exact) mass is 605 g/mol. The number of nitriles is 1. The second-order valence-corrected chi connectivity index (χ2v) is 11.0. The Morgan fingerprint density at radius 2 is 1.64 bits per heavy atom. The summed E-state index contributed by atoms with van der Waals surface area (Å²) in [6.07, 6.45) is 0.866. The topological polar surface area (TPSA) is 178 Å². The zero-order valence-electron chi connectivity index (χ0n) is 25.8. The van der Waals surface area contributed by atoms with Gasteiger partial charge in [0.05, 0.1) is 12.1 Å². The summed E-state index contributed by atoms with van der Waals surface area (Å²) in [4.78, 5) is 54.9. The zero-order valence-corrected chi connectivity index (χ0v) is 25.8. The normalized spacial score (nSPS) is 18.4. The number of carbonyl (C=O) groups is 4. The fourth-order valence-electron chi connectivity index (χ4n) is 5.25. The molecule has 2 aromatic rings. The van der Waals surface area contributed by atoms with Crippen LogP contribution in [0.3, 0.4) is 0 Å². The Bertz CT molecular complexity index is 1390. The van der Waals surface area contributed by atoms with Crippen LogP contribution in [0.5, 0.6) is 11.5 Å². The van der Waals surface area contributed by atoms with Gasteiger partial charge in [-0.15, -0.1) is 0 Å². The largest absolute Gasteiger partial charge is 0.492 e.